The Labute approximate surface area is 180 Å². The second-order valence-electron chi connectivity index (χ2n) is 7.50. The van der Waals surface area contributed by atoms with E-state index in [4.69, 9.17) is 16.2 Å². The van der Waals surface area contributed by atoms with Gasteiger partial charge in [-0.2, -0.15) is 0 Å². The molecule has 4 N–H and O–H groups in total. The van der Waals surface area contributed by atoms with Gasteiger partial charge in [0, 0.05) is 61.6 Å². The quantitative estimate of drug-likeness (QED) is 0.574. The molecule has 1 aliphatic heterocycles. The Morgan fingerprint density at radius 2 is 2.06 bits per heavy atom. The average Bonchev–Trinajstić information content (AvgIpc) is 2.79. The molecule has 0 bridgehead atoms. The molecule has 0 aromatic carbocycles. The largest absolute Gasteiger partial charge is 0.479 e. The van der Waals surface area contributed by atoms with Crippen molar-refractivity contribution in [3.05, 3.63) is 54.2 Å². The van der Waals surface area contributed by atoms with E-state index < -0.39 is 0 Å². The number of aromatic nitrogens is 4. The maximum atomic E-state index is 13.2. The van der Waals surface area contributed by atoms with Crippen LogP contribution in [0.25, 0.3) is 11.4 Å². The highest BCUT2D eigenvalue weighted by Gasteiger charge is 2.22. The number of hydrogen-bond donors (Lipinski definition) is 2. The lowest BCUT2D eigenvalue weighted by Gasteiger charge is -2.33. The molecular formula is C22H25N7O2. The molecule has 4 heterocycles. The van der Waals surface area contributed by atoms with Crippen molar-refractivity contribution in [1.29, 1.82) is 0 Å². The summed E-state index contributed by atoms with van der Waals surface area (Å²) in [5, 5.41) is 0. The number of nitrogens with two attached hydrogens (primary N) is 2. The zero-order valence-electron chi connectivity index (χ0n) is 17.4. The van der Waals surface area contributed by atoms with Gasteiger partial charge in [-0.05, 0) is 31.0 Å². The molecule has 0 amide bonds. The van der Waals surface area contributed by atoms with E-state index in [1.807, 2.05) is 6.07 Å². The summed E-state index contributed by atoms with van der Waals surface area (Å²) < 4.78 is 5.26. The van der Waals surface area contributed by atoms with Gasteiger partial charge in [0.15, 0.2) is 11.5 Å². The van der Waals surface area contributed by atoms with Gasteiger partial charge >= 0.3 is 0 Å². The highest BCUT2D eigenvalue weighted by Crippen LogP contribution is 2.27. The number of anilines is 2. The van der Waals surface area contributed by atoms with Gasteiger partial charge in [-0.1, -0.05) is 0 Å². The fourth-order valence-corrected chi connectivity index (χ4v) is 3.83. The molecule has 0 spiro atoms. The van der Waals surface area contributed by atoms with Gasteiger partial charge in [0.25, 0.3) is 0 Å². The number of rotatable bonds is 6. The van der Waals surface area contributed by atoms with Crippen LogP contribution in [-0.4, -0.2) is 52.0 Å². The monoisotopic (exact) mass is 419 g/mol. The van der Waals surface area contributed by atoms with Crippen molar-refractivity contribution in [2.24, 2.45) is 5.73 Å². The third-order valence-corrected chi connectivity index (χ3v) is 5.32. The first-order valence-corrected chi connectivity index (χ1v) is 10.2. The predicted octanol–water partition coefficient (Wildman–Crippen LogP) is 1.88. The molecule has 0 unspecified atom stereocenters. The van der Waals surface area contributed by atoms with Crippen molar-refractivity contribution in [2.45, 2.75) is 25.3 Å². The number of ether oxygens (including phenoxy) is 1. The summed E-state index contributed by atoms with van der Waals surface area (Å²) in [7, 11) is 1.51. The Morgan fingerprint density at radius 3 is 2.87 bits per heavy atom. The molecule has 0 saturated carbocycles. The second-order valence-corrected chi connectivity index (χ2v) is 7.50. The number of nitrogen functional groups attached to an aromatic ring is 1. The fraction of sp³-hybridized carbons (Fsp3) is 0.318. The molecule has 9 nitrogen and oxygen atoms in total. The number of carbonyl (C=O) groups excluding carboxylic acids is 1. The standard InChI is InChI=1S/C22H25N7O2/c1-31-22-21(26-8-9-27-22)17-5-4-16(24)20(28-17)19(30)11-14-12-25-7-6-18(14)29-10-2-3-15(23)13-29/h4-9,12,15H,2-3,10-11,13,23-24H2,1H3/t15-/m0/s1. The number of methoxy groups -OCH3 is 1. The van der Waals surface area contributed by atoms with Crippen LogP contribution in [0.15, 0.2) is 43.0 Å². The molecule has 31 heavy (non-hydrogen) atoms. The highest BCUT2D eigenvalue weighted by molar-refractivity contribution is 6.01. The summed E-state index contributed by atoms with van der Waals surface area (Å²) >= 11 is 0. The third-order valence-electron chi connectivity index (χ3n) is 5.32. The van der Waals surface area contributed by atoms with Gasteiger partial charge in [-0.15, -0.1) is 0 Å². The summed E-state index contributed by atoms with van der Waals surface area (Å²) in [5.41, 5.74) is 15.5. The van der Waals surface area contributed by atoms with Crippen molar-refractivity contribution in [3.8, 4) is 17.3 Å². The van der Waals surface area contributed by atoms with Crippen LogP contribution in [0.2, 0.25) is 0 Å². The number of piperidine rings is 1. The molecule has 3 aromatic rings. The van der Waals surface area contributed by atoms with Gasteiger partial charge in [-0.25, -0.2) is 15.0 Å². The summed E-state index contributed by atoms with van der Waals surface area (Å²) in [6.07, 6.45) is 8.69. The summed E-state index contributed by atoms with van der Waals surface area (Å²) in [6, 6.07) is 5.40. The highest BCUT2D eigenvalue weighted by atomic mass is 16.5. The van der Waals surface area contributed by atoms with Crippen LogP contribution in [-0.2, 0) is 6.42 Å². The van der Waals surface area contributed by atoms with E-state index in [9.17, 15) is 4.79 Å². The van der Waals surface area contributed by atoms with Crippen molar-refractivity contribution < 1.29 is 9.53 Å². The van der Waals surface area contributed by atoms with Gasteiger partial charge in [0.05, 0.1) is 18.5 Å². The van der Waals surface area contributed by atoms with Crippen LogP contribution < -0.4 is 21.1 Å². The minimum Gasteiger partial charge on any atom is -0.479 e. The van der Waals surface area contributed by atoms with E-state index in [-0.39, 0.29) is 23.9 Å². The average molecular weight is 419 g/mol. The summed E-state index contributed by atoms with van der Waals surface area (Å²) in [4.78, 5) is 32.5. The summed E-state index contributed by atoms with van der Waals surface area (Å²) in [6.45, 7) is 1.66. The molecule has 0 radical (unpaired) electrons. The molecule has 1 saturated heterocycles. The Bertz CT molecular complexity index is 1090. The smallest absolute Gasteiger partial charge is 0.241 e. The van der Waals surface area contributed by atoms with Crippen molar-refractivity contribution in [2.75, 3.05) is 30.8 Å². The third kappa shape index (κ3) is 4.46. The number of carbonyl (C=O) groups is 1. The lowest BCUT2D eigenvalue weighted by Crippen LogP contribution is -2.43. The molecule has 9 heteroatoms. The van der Waals surface area contributed by atoms with Crippen LogP contribution in [0.1, 0.15) is 28.9 Å². The van der Waals surface area contributed by atoms with E-state index >= 15 is 0 Å². The molecule has 1 atom stereocenters. The predicted molar refractivity (Wildman–Crippen MR) is 118 cm³/mol. The maximum Gasteiger partial charge on any atom is 0.241 e. The number of hydrogen-bond acceptors (Lipinski definition) is 9. The SMILES string of the molecule is COc1nccnc1-c1ccc(N)c(C(=O)Cc2cnccc2N2CCC[C@H](N)C2)n1. The zero-order valence-corrected chi connectivity index (χ0v) is 17.4. The number of nitrogens with zero attached hydrogens (tertiary/aromatic N) is 5. The van der Waals surface area contributed by atoms with Crippen LogP contribution in [0, 0.1) is 0 Å². The van der Waals surface area contributed by atoms with Gasteiger partial charge in [-0.3, -0.25) is 9.78 Å². The van der Waals surface area contributed by atoms with Crippen molar-refractivity contribution in [1.82, 2.24) is 19.9 Å². The topological polar surface area (TPSA) is 133 Å². The Morgan fingerprint density at radius 1 is 1.23 bits per heavy atom. The minimum absolute atomic E-state index is 0.126. The Kier molecular flexibility index (Phi) is 6.03. The second kappa shape index (κ2) is 9.05. The first-order valence-electron chi connectivity index (χ1n) is 10.2. The zero-order chi connectivity index (χ0) is 21.8. The molecule has 0 aliphatic carbocycles. The van der Waals surface area contributed by atoms with Crippen molar-refractivity contribution >= 4 is 17.2 Å². The van der Waals surface area contributed by atoms with Crippen molar-refractivity contribution in [3.63, 3.8) is 0 Å². The number of Topliss-reactive ketones (excluding diaryl/α,β-unsaturated/α-hetero) is 1. The van der Waals surface area contributed by atoms with Gasteiger partial charge < -0.3 is 21.1 Å². The molecule has 1 fully saturated rings. The molecule has 3 aromatic heterocycles. The number of ketones is 1. The minimum atomic E-state index is -0.197. The number of pyridine rings is 2. The fourth-order valence-electron chi connectivity index (χ4n) is 3.83. The van der Waals surface area contributed by atoms with Crippen LogP contribution in [0.5, 0.6) is 5.88 Å². The molecule has 160 valence electrons. The molecular weight excluding hydrogens is 394 g/mol. The first-order chi connectivity index (χ1) is 15.1. The van der Waals surface area contributed by atoms with Gasteiger partial charge in [0.1, 0.15) is 5.69 Å². The van der Waals surface area contributed by atoms with Crippen LogP contribution in [0.3, 0.4) is 0 Å². The van der Waals surface area contributed by atoms with E-state index in [2.05, 4.69) is 24.8 Å². The maximum absolute atomic E-state index is 13.2. The molecule has 4 rings (SSSR count). The Balaban J connectivity index is 1.63. The lowest BCUT2D eigenvalue weighted by molar-refractivity contribution is 0.0989. The lowest BCUT2D eigenvalue weighted by atomic mass is 10.0. The van der Waals surface area contributed by atoms with E-state index in [1.165, 1.54) is 13.3 Å². The van der Waals surface area contributed by atoms with Gasteiger partial charge in [0.2, 0.25) is 5.88 Å². The van der Waals surface area contributed by atoms with E-state index in [0.717, 1.165) is 37.2 Å². The summed E-state index contributed by atoms with van der Waals surface area (Å²) in [5.74, 6) is 0.131. The van der Waals surface area contributed by atoms with E-state index in [0.29, 0.717) is 23.0 Å². The van der Waals surface area contributed by atoms with Crippen LogP contribution in [0.4, 0.5) is 11.4 Å². The normalized spacial score (nSPS) is 16.2. The van der Waals surface area contributed by atoms with Crippen LogP contribution >= 0.6 is 0 Å². The first kappa shape index (κ1) is 20.7. The molecule has 1 aliphatic rings. The Hall–Kier alpha value is -3.59. The van der Waals surface area contributed by atoms with E-state index in [1.54, 1.807) is 30.7 Å².